The number of imidazole rings is 1. The molecule has 1 amide bonds. The molecule has 1 aliphatic rings. The second-order valence-electron chi connectivity index (χ2n) is 6.04. The Balaban J connectivity index is 1.90. The zero-order valence-electron chi connectivity index (χ0n) is 13.1. The van der Waals surface area contributed by atoms with Crippen molar-refractivity contribution in [2.24, 2.45) is 5.73 Å². The number of nitrogens with zero attached hydrogens (tertiary/aromatic N) is 4. The van der Waals surface area contributed by atoms with Crippen LogP contribution in [-0.2, 0) is 6.18 Å². The predicted octanol–water partition coefficient (Wildman–Crippen LogP) is 2.29. The monoisotopic (exact) mass is 428 g/mol. The average molecular weight is 429 g/mol. The van der Waals surface area contributed by atoms with E-state index in [4.69, 9.17) is 5.73 Å². The summed E-state index contributed by atoms with van der Waals surface area (Å²) in [4.78, 5) is 17.9. The van der Waals surface area contributed by atoms with Crippen LogP contribution in [0.2, 0.25) is 0 Å². The molecule has 7 nitrogen and oxygen atoms in total. The van der Waals surface area contributed by atoms with E-state index in [1.807, 2.05) is 0 Å². The van der Waals surface area contributed by atoms with Crippen molar-refractivity contribution < 1.29 is 18.0 Å². The summed E-state index contributed by atoms with van der Waals surface area (Å²) in [6.45, 7) is 0.705. The molecule has 3 aromatic heterocycles. The van der Waals surface area contributed by atoms with Gasteiger partial charge in [-0.15, -0.1) is 0 Å². The fourth-order valence-electron chi connectivity index (χ4n) is 2.86. The van der Waals surface area contributed by atoms with Gasteiger partial charge in [0.15, 0.2) is 11.3 Å². The Labute approximate surface area is 153 Å². The van der Waals surface area contributed by atoms with E-state index in [-0.39, 0.29) is 22.0 Å². The Kier molecular flexibility index (Phi) is 3.81. The van der Waals surface area contributed by atoms with Crippen LogP contribution in [0.25, 0.3) is 16.8 Å². The molecule has 136 valence electrons. The van der Waals surface area contributed by atoms with Crippen molar-refractivity contribution in [2.45, 2.75) is 12.2 Å². The summed E-state index contributed by atoms with van der Waals surface area (Å²) in [6, 6.07) is 0.876. The molecular formula is C15H12BrF3N6O. The normalized spacial score (nSPS) is 15.5. The first-order valence-corrected chi connectivity index (χ1v) is 8.38. The van der Waals surface area contributed by atoms with E-state index < -0.39 is 17.6 Å². The van der Waals surface area contributed by atoms with Gasteiger partial charge in [0.05, 0.1) is 11.8 Å². The van der Waals surface area contributed by atoms with Crippen LogP contribution in [0.15, 0.2) is 29.3 Å². The third-order valence-corrected chi connectivity index (χ3v) is 4.96. The Hall–Kier alpha value is -2.40. The number of hydrogen-bond donors (Lipinski definition) is 2. The van der Waals surface area contributed by atoms with Gasteiger partial charge in [-0.2, -0.15) is 18.3 Å². The summed E-state index contributed by atoms with van der Waals surface area (Å²) in [5.41, 5.74) is 5.09. The molecule has 3 N–H and O–H groups in total. The minimum absolute atomic E-state index is 0.0771. The molecule has 0 bridgehead atoms. The van der Waals surface area contributed by atoms with Crippen LogP contribution >= 0.6 is 15.9 Å². The summed E-state index contributed by atoms with van der Waals surface area (Å²) in [7, 11) is 0. The molecule has 0 unspecified atom stereocenters. The number of carbonyl (C=O) groups is 1. The molecule has 1 saturated heterocycles. The van der Waals surface area contributed by atoms with Crippen molar-refractivity contribution in [2.75, 3.05) is 13.1 Å². The number of nitrogens with one attached hydrogen (secondary N) is 1. The minimum atomic E-state index is -4.63. The van der Waals surface area contributed by atoms with Crippen molar-refractivity contribution in [1.82, 2.24) is 24.5 Å². The smallest absolute Gasteiger partial charge is 0.334 e. The summed E-state index contributed by atoms with van der Waals surface area (Å²) >= 11 is 3.22. The van der Waals surface area contributed by atoms with Gasteiger partial charge < -0.3 is 10.6 Å². The van der Waals surface area contributed by atoms with Gasteiger partial charge >= 0.3 is 6.18 Å². The van der Waals surface area contributed by atoms with Gasteiger partial charge in [0, 0.05) is 42.7 Å². The maximum Gasteiger partial charge on any atom is 0.420 e. The standard InChI is InChI=1S/C15H12BrF3N6O/c16-12-11(14(26)24-5-9(20)6-24)23-13-10(15(17,18)19)1-7(4-25(12)13)8-2-21-22-3-8/h1-4,9H,5-6,20H2,(H,21,22). The number of hydrogen-bond acceptors (Lipinski definition) is 4. The number of alkyl halides is 3. The highest BCUT2D eigenvalue weighted by molar-refractivity contribution is 9.10. The van der Waals surface area contributed by atoms with Crippen molar-refractivity contribution in [1.29, 1.82) is 0 Å². The number of pyridine rings is 1. The van der Waals surface area contributed by atoms with Gasteiger partial charge in [0.2, 0.25) is 0 Å². The number of likely N-dealkylation sites (tertiary alicyclic amines) is 1. The fourth-order valence-corrected chi connectivity index (χ4v) is 3.39. The number of fused-ring (bicyclic) bond motifs is 1. The van der Waals surface area contributed by atoms with Crippen molar-refractivity contribution in [3.63, 3.8) is 0 Å². The molecule has 4 rings (SSSR count). The number of carbonyl (C=O) groups excluding carboxylic acids is 1. The predicted molar refractivity (Wildman–Crippen MR) is 89.4 cm³/mol. The molecule has 1 fully saturated rings. The van der Waals surface area contributed by atoms with Crippen LogP contribution in [0.1, 0.15) is 16.1 Å². The van der Waals surface area contributed by atoms with Crippen LogP contribution in [0.5, 0.6) is 0 Å². The molecule has 0 radical (unpaired) electrons. The molecule has 4 heterocycles. The molecule has 0 saturated carbocycles. The maximum absolute atomic E-state index is 13.6. The highest BCUT2D eigenvalue weighted by Crippen LogP contribution is 2.37. The first kappa shape index (κ1) is 17.0. The van der Waals surface area contributed by atoms with E-state index in [2.05, 4.69) is 31.1 Å². The van der Waals surface area contributed by atoms with Gasteiger partial charge in [-0.3, -0.25) is 14.3 Å². The Morgan fingerprint density at radius 1 is 1.35 bits per heavy atom. The van der Waals surface area contributed by atoms with E-state index in [9.17, 15) is 18.0 Å². The number of rotatable bonds is 2. The number of H-pyrrole nitrogens is 1. The molecule has 26 heavy (non-hydrogen) atoms. The molecule has 0 atom stereocenters. The summed E-state index contributed by atoms with van der Waals surface area (Å²) in [5.74, 6) is -0.458. The Bertz CT molecular complexity index is 991. The lowest BCUT2D eigenvalue weighted by molar-refractivity contribution is -0.136. The molecule has 11 heteroatoms. The number of aromatic amines is 1. The average Bonchev–Trinajstić information content (AvgIpc) is 3.18. The number of halogens is 4. The van der Waals surface area contributed by atoms with Crippen molar-refractivity contribution >= 4 is 27.5 Å². The van der Waals surface area contributed by atoms with Gasteiger partial charge in [-0.1, -0.05) is 0 Å². The van der Waals surface area contributed by atoms with Crippen LogP contribution in [0.4, 0.5) is 13.2 Å². The van der Waals surface area contributed by atoms with E-state index in [0.29, 0.717) is 24.2 Å². The SMILES string of the molecule is NC1CN(C(=O)c2nc3c(C(F)(F)F)cc(-c4cn[nH]c4)cn3c2Br)C1. The third kappa shape index (κ3) is 2.67. The highest BCUT2D eigenvalue weighted by Gasteiger charge is 2.37. The molecular weight excluding hydrogens is 417 g/mol. The lowest BCUT2D eigenvalue weighted by Gasteiger charge is -2.36. The second-order valence-corrected chi connectivity index (χ2v) is 6.79. The summed E-state index contributed by atoms with van der Waals surface area (Å²) < 4.78 is 42.1. The van der Waals surface area contributed by atoms with E-state index in [1.54, 1.807) is 0 Å². The van der Waals surface area contributed by atoms with Gasteiger partial charge in [0.1, 0.15) is 4.60 Å². The van der Waals surface area contributed by atoms with Crippen LogP contribution < -0.4 is 5.73 Å². The fraction of sp³-hybridized carbons (Fsp3) is 0.267. The Morgan fingerprint density at radius 2 is 2.08 bits per heavy atom. The van der Waals surface area contributed by atoms with Gasteiger partial charge in [-0.25, -0.2) is 4.98 Å². The molecule has 1 aliphatic heterocycles. The zero-order valence-corrected chi connectivity index (χ0v) is 14.7. The second kappa shape index (κ2) is 5.81. The quantitative estimate of drug-likeness (QED) is 0.654. The molecule has 0 aliphatic carbocycles. The molecule has 0 aromatic carbocycles. The lowest BCUT2D eigenvalue weighted by Crippen LogP contribution is -2.57. The number of aromatic nitrogens is 4. The summed E-state index contributed by atoms with van der Waals surface area (Å²) in [5, 5.41) is 6.33. The minimum Gasteiger partial charge on any atom is -0.334 e. The lowest BCUT2D eigenvalue weighted by atomic mass is 10.1. The summed E-state index contributed by atoms with van der Waals surface area (Å²) in [6.07, 6.45) is -0.254. The highest BCUT2D eigenvalue weighted by atomic mass is 79.9. The van der Waals surface area contributed by atoms with Crippen LogP contribution in [-0.4, -0.2) is 49.5 Å². The number of amides is 1. The van der Waals surface area contributed by atoms with Crippen molar-refractivity contribution in [3.8, 4) is 11.1 Å². The molecule has 3 aromatic rings. The zero-order chi connectivity index (χ0) is 18.6. The van der Waals surface area contributed by atoms with Gasteiger partial charge in [-0.05, 0) is 22.0 Å². The Morgan fingerprint density at radius 3 is 2.65 bits per heavy atom. The van der Waals surface area contributed by atoms with Crippen LogP contribution in [0.3, 0.4) is 0 Å². The topological polar surface area (TPSA) is 92.3 Å². The third-order valence-electron chi connectivity index (χ3n) is 4.20. The first-order valence-electron chi connectivity index (χ1n) is 7.58. The number of nitrogens with two attached hydrogens (primary N) is 1. The van der Waals surface area contributed by atoms with E-state index in [1.165, 1.54) is 27.9 Å². The van der Waals surface area contributed by atoms with Crippen LogP contribution in [0, 0.1) is 0 Å². The van der Waals surface area contributed by atoms with E-state index >= 15 is 0 Å². The van der Waals surface area contributed by atoms with E-state index in [0.717, 1.165) is 6.07 Å². The van der Waals surface area contributed by atoms with Gasteiger partial charge in [0.25, 0.3) is 5.91 Å². The molecule has 0 spiro atoms. The maximum atomic E-state index is 13.6. The van der Waals surface area contributed by atoms with Crippen molar-refractivity contribution in [3.05, 3.63) is 40.5 Å². The largest absolute Gasteiger partial charge is 0.420 e. The first-order chi connectivity index (χ1) is 12.3.